The van der Waals surface area contributed by atoms with Crippen LogP contribution in [0.2, 0.25) is 0 Å². The van der Waals surface area contributed by atoms with Crippen molar-refractivity contribution in [3.8, 4) is 0 Å². The molecule has 6 aromatic rings. The predicted molar refractivity (Wildman–Crippen MR) is 266 cm³/mol. The van der Waals surface area contributed by atoms with Gasteiger partial charge < -0.3 is 18.9 Å². The average molecular weight is 1010 g/mol. The van der Waals surface area contributed by atoms with Gasteiger partial charge in [-0.15, -0.1) is 0 Å². The highest BCUT2D eigenvalue weighted by Gasteiger charge is 2.17. The molecule has 0 aromatic heterocycles. The minimum atomic E-state index is -0.388. The topological polar surface area (TPSA) is 80.1 Å². The molecule has 0 aliphatic carbocycles. The molecule has 0 fully saturated rings. The molecule has 6 rings (SSSR count). The number of nitrogens with zero attached hydrogens (tertiary/aromatic N) is 1. The highest BCUT2D eigenvalue weighted by atomic mass is 127. The molecular weight excluding hydrogens is 941 g/mol. The Morgan fingerprint density at radius 2 is 0.885 bits per heavy atom. The van der Waals surface area contributed by atoms with Crippen molar-refractivity contribution in [2.75, 3.05) is 0 Å². The van der Waals surface area contributed by atoms with E-state index in [1.165, 1.54) is 47.9 Å². The zero-order valence-corrected chi connectivity index (χ0v) is 41.8. The van der Waals surface area contributed by atoms with Crippen molar-refractivity contribution in [3.05, 3.63) is 168 Å². The molecule has 0 radical (unpaired) electrons. The van der Waals surface area contributed by atoms with Crippen LogP contribution in [0.4, 0.5) is 5.69 Å². The van der Waals surface area contributed by atoms with Crippen molar-refractivity contribution in [1.82, 2.24) is 0 Å². The van der Waals surface area contributed by atoms with Crippen LogP contribution >= 0.6 is 38.5 Å². The van der Waals surface area contributed by atoms with Crippen molar-refractivity contribution >= 4 is 65.8 Å². The van der Waals surface area contributed by atoms with Crippen molar-refractivity contribution in [2.45, 2.75) is 132 Å². The molecule has 0 saturated carbocycles. The molecule has 9 heteroatoms. The van der Waals surface area contributed by atoms with Crippen LogP contribution in [-0.2, 0) is 45.4 Å². The Morgan fingerprint density at radius 1 is 0.508 bits per heavy atom. The van der Waals surface area contributed by atoms with E-state index in [0.29, 0.717) is 25.4 Å². The standard InChI is InChI=1S/C19H20O.C11H15BrO.C11H15IO.C11H15NO3/c1-19(2,3)20-13-18-16-10-6-4-8-14(16)12-15-9-5-7-11-17(15)18;2*1-11(2,3)13-8-9-4-6-10(12)7-5-9;1-11(2,3)15-8-9-6-4-5-7-10(9)12(13)14/h4-12H,13H2,1-3H3;2*4-7H,8H2,1-3H3;4-7H,8H2,1-3H3. The maximum absolute atomic E-state index is 10.7. The van der Waals surface area contributed by atoms with Gasteiger partial charge in [-0.3, -0.25) is 10.1 Å². The minimum Gasteiger partial charge on any atom is -0.371 e. The monoisotopic (exact) mass is 1010 g/mol. The van der Waals surface area contributed by atoms with Crippen LogP contribution < -0.4 is 0 Å². The summed E-state index contributed by atoms with van der Waals surface area (Å²) in [5, 5.41) is 15.8. The van der Waals surface area contributed by atoms with Gasteiger partial charge in [-0.2, -0.15) is 0 Å². The third-order valence-electron chi connectivity index (χ3n) is 8.55. The summed E-state index contributed by atoms with van der Waals surface area (Å²) in [6.45, 7) is 26.7. The van der Waals surface area contributed by atoms with Crippen molar-refractivity contribution < 1.29 is 23.9 Å². The number of nitro groups is 1. The van der Waals surface area contributed by atoms with Crippen LogP contribution in [0.3, 0.4) is 0 Å². The number of benzene rings is 6. The van der Waals surface area contributed by atoms with Gasteiger partial charge in [0.25, 0.3) is 5.69 Å². The first-order valence-electron chi connectivity index (χ1n) is 20.6. The van der Waals surface area contributed by atoms with Gasteiger partial charge in [0.2, 0.25) is 0 Å². The minimum absolute atomic E-state index is 0.0526. The van der Waals surface area contributed by atoms with Crippen molar-refractivity contribution in [2.24, 2.45) is 0 Å². The maximum atomic E-state index is 10.7. The fraction of sp³-hybridized carbons (Fsp3) is 0.385. The fourth-order valence-corrected chi connectivity index (χ4v) is 6.04. The van der Waals surface area contributed by atoms with E-state index in [-0.39, 0.29) is 39.6 Å². The number of para-hydroxylation sites is 1. The summed E-state index contributed by atoms with van der Waals surface area (Å²) in [5.41, 5.74) is 3.92. The van der Waals surface area contributed by atoms with Crippen molar-refractivity contribution in [3.63, 3.8) is 0 Å². The molecule has 0 atom stereocenters. The zero-order chi connectivity index (χ0) is 45.4. The number of ether oxygens (including phenoxy) is 4. The lowest BCUT2D eigenvalue weighted by molar-refractivity contribution is -0.386. The summed E-state index contributed by atoms with van der Waals surface area (Å²) in [4.78, 5) is 10.3. The van der Waals surface area contributed by atoms with E-state index in [1.54, 1.807) is 18.2 Å². The van der Waals surface area contributed by atoms with E-state index >= 15 is 0 Å². The Morgan fingerprint density at radius 3 is 1.33 bits per heavy atom. The molecule has 61 heavy (non-hydrogen) atoms. The number of hydrogen-bond acceptors (Lipinski definition) is 6. The molecule has 0 heterocycles. The van der Waals surface area contributed by atoms with E-state index in [0.717, 1.165) is 4.47 Å². The van der Waals surface area contributed by atoms with Crippen LogP contribution in [0.25, 0.3) is 21.5 Å². The van der Waals surface area contributed by atoms with E-state index in [1.807, 2.05) is 32.9 Å². The zero-order valence-electron chi connectivity index (χ0n) is 38.1. The smallest absolute Gasteiger partial charge is 0.274 e. The quantitative estimate of drug-likeness (QED) is 0.0621. The first-order valence-corrected chi connectivity index (χ1v) is 22.4. The Bertz CT molecular complexity index is 2130. The third-order valence-corrected chi connectivity index (χ3v) is 9.80. The van der Waals surface area contributed by atoms with Gasteiger partial charge in [-0.25, -0.2) is 0 Å². The second-order valence-corrected chi connectivity index (χ2v) is 20.7. The fourth-order valence-electron chi connectivity index (χ4n) is 5.42. The predicted octanol–water partition coefficient (Wildman–Crippen LogP) is 15.6. The van der Waals surface area contributed by atoms with E-state index in [2.05, 4.69) is 192 Å². The summed E-state index contributed by atoms with van der Waals surface area (Å²) in [6, 6.07) is 42.5. The average Bonchev–Trinajstić information content (AvgIpc) is 3.18. The lowest BCUT2D eigenvalue weighted by Gasteiger charge is -2.21. The molecule has 0 bridgehead atoms. The van der Waals surface area contributed by atoms with Crippen molar-refractivity contribution in [1.29, 1.82) is 0 Å². The lowest BCUT2D eigenvalue weighted by Crippen LogP contribution is -2.19. The summed E-state index contributed by atoms with van der Waals surface area (Å²) < 4.78 is 25.2. The molecule has 328 valence electrons. The number of fused-ring (bicyclic) bond motifs is 2. The van der Waals surface area contributed by atoms with Gasteiger partial charge in [0.1, 0.15) is 0 Å². The third kappa shape index (κ3) is 20.8. The van der Waals surface area contributed by atoms with Crippen LogP contribution in [-0.4, -0.2) is 27.3 Å². The number of halogens is 2. The summed E-state index contributed by atoms with van der Waals surface area (Å²) in [6.07, 6.45) is 0. The molecule has 0 unspecified atom stereocenters. The van der Waals surface area contributed by atoms with E-state index in [9.17, 15) is 10.1 Å². The van der Waals surface area contributed by atoms with E-state index < -0.39 is 0 Å². The molecule has 0 aliphatic rings. The van der Waals surface area contributed by atoms with Gasteiger partial charge in [0, 0.05) is 14.1 Å². The second-order valence-electron chi connectivity index (χ2n) is 18.5. The van der Waals surface area contributed by atoms with Crippen LogP contribution in [0.15, 0.2) is 132 Å². The molecule has 7 nitrogen and oxygen atoms in total. The maximum Gasteiger partial charge on any atom is 0.274 e. The summed E-state index contributed by atoms with van der Waals surface area (Å²) >= 11 is 5.70. The highest BCUT2D eigenvalue weighted by Crippen LogP contribution is 2.30. The molecule has 0 saturated heterocycles. The molecule has 6 aromatic carbocycles. The van der Waals surface area contributed by atoms with Crippen LogP contribution in [0.1, 0.15) is 105 Å². The van der Waals surface area contributed by atoms with Gasteiger partial charge in [-0.1, -0.05) is 101 Å². The van der Waals surface area contributed by atoms with Gasteiger partial charge >= 0.3 is 0 Å². The Kier molecular flexibility index (Phi) is 20.0. The first kappa shape index (κ1) is 51.6. The normalized spacial score (nSPS) is 11.8. The summed E-state index contributed by atoms with van der Waals surface area (Å²) in [5.74, 6) is 0. The van der Waals surface area contributed by atoms with Gasteiger partial charge in [0.05, 0.1) is 59.3 Å². The lowest BCUT2D eigenvalue weighted by atomic mass is 9.97. The number of nitro benzene ring substituents is 1. The molecule has 0 amide bonds. The second kappa shape index (κ2) is 23.7. The van der Waals surface area contributed by atoms with Crippen LogP contribution in [0.5, 0.6) is 0 Å². The molecular formula is C52H65BrINO6. The highest BCUT2D eigenvalue weighted by molar-refractivity contribution is 14.1. The van der Waals surface area contributed by atoms with Gasteiger partial charge in [0.15, 0.2) is 0 Å². The Labute approximate surface area is 387 Å². The SMILES string of the molecule is CC(C)(C)OCc1c2ccccc2cc2ccccc12.CC(C)(C)OCc1ccc(Br)cc1.CC(C)(C)OCc1ccc(I)cc1.CC(C)(C)OCc1ccccc1[N+](=O)[O-]. The van der Waals surface area contributed by atoms with Crippen LogP contribution in [0, 0.1) is 13.7 Å². The molecule has 0 aliphatic heterocycles. The Hall–Kier alpha value is -3.71. The Balaban J connectivity index is 0.000000221. The number of rotatable bonds is 9. The van der Waals surface area contributed by atoms with Gasteiger partial charge in [-0.05, 0) is 180 Å². The molecule has 0 spiro atoms. The number of hydrogen-bond donors (Lipinski definition) is 0. The van der Waals surface area contributed by atoms with E-state index in [4.69, 9.17) is 18.9 Å². The largest absolute Gasteiger partial charge is 0.371 e. The molecule has 0 N–H and O–H groups in total. The summed E-state index contributed by atoms with van der Waals surface area (Å²) in [7, 11) is 0. The first-order chi connectivity index (χ1) is 28.4.